The highest BCUT2D eigenvalue weighted by molar-refractivity contribution is 5.76. The van der Waals surface area contributed by atoms with Gasteiger partial charge in [-0.1, -0.05) is 0 Å². The van der Waals surface area contributed by atoms with Gasteiger partial charge in [0.1, 0.15) is 0 Å². The van der Waals surface area contributed by atoms with Gasteiger partial charge < -0.3 is 15.2 Å². The number of rotatable bonds is 3. The maximum atomic E-state index is 13.0. The zero-order chi connectivity index (χ0) is 11.8. The lowest BCUT2D eigenvalue weighted by Crippen LogP contribution is -2.35. The number of aliphatic carboxylic acids is 1. The van der Waals surface area contributed by atoms with Crippen molar-refractivity contribution in [1.29, 1.82) is 0 Å². The van der Waals surface area contributed by atoms with Crippen molar-refractivity contribution in [1.82, 2.24) is 4.98 Å². The highest BCUT2D eigenvalue weighted by Gasteiger charge is 2.48. The Morgan fingerprint density at radius 1 is 1.53 bits per heavy atom. The molecule has 0 aliphatic rings. The molecule has 0 amide bonds. The van der Waals surface area contributed by atoms with Crippen molar-refractivity contribution in [2.45, 2.75) is 25.9 Å². The number of carbonyl (C=O) groups is 1. The number of nitrogens with one attached hydrogen (secondary N) is 1. The summed E-state index contributed by atoms with van der Waals surface area (Å²) in [5.41, 5.74) is 0.823. The monoisotopic (exact) mass is 219 g/mol. The van der Waals surface area contributed by atoms with Crippen LogP contribution in [-0.2, 0) is 4.79 Å². The number of alkyl halides is 2. The van der Waals surface area contributed by atoms with Crippen LogP contribution >= 0.6 is 0 Å². The number of hydrogen-bond donors (Lipinski definition) is 3. The predicted octanol–water partition coefficient (Wildman–Crippen LogP) is 1.38. The Balaban J connectivity index is 3.09. The minimum atomic E-state index is -4.18. The molecule has 6 heteroatoms. The summed E-state index contributed by atoms with van der Waals surface area (Å²) in [6, 6.07) is 1.30. The van der Waals surface area contributed by atoms with Crippen LogP contribution in [0.4, 0.5) is 8.78 Å². The SMILES string of the molecule is Cc1cc(C(O)C(F)(F)C(=O)O)c(C)[nH]1. The van der Waals surface area contributed by atoms with Crippen molar-refractivity contribution in [3.8, 4) is 0 Å². The van der Waals surface area contributed by atoms with E-state index in [9.17, 15) is 18.7 Å². The summed E-state index contributed by atoms with van der Waals surface area (Å²) >= 11 is 0. The van der Waals surface area contributed by atoms with E-state index < -0.39 is 18.0 Å². The molecule has 4 nitrogen and oxygen atoms in total. The van der Waals surface area contributed by atoms with Crippen LogP contribution in [0.2, 0.25) is 0 Å². The summed E-state index contributed by atoms with van der Waals surface area (Å²) < 4.78 is 25.9. The van der Waals surface area contributed by atoms with Crippen molar-refractivity contribution < 1.29 is 23.8 Å². The Morgan fingerprint density at radius 3 is 2.40 bits per heavy atom. The van der Waals surface area contributed by atoms with Crippen LogP contribution < -0.4 is 0 Å². The molecule has 1 atom stereocenters. The molecule has 0 radical (unpaired) electrons. The van der Waals surface area contributed by atoms with Gasteiger partial charge in [-0.05, 0) is 19.9 Å². The minimum absolute atomic E-state index is 0.0973. The molecule has 0 aliphatic heterocycles. The van der Waals surface area contributed by atoms with Gasteiger partial charge in [0.15, 0.2) is 6.10 Å². The molecular formula is C9H11F2NO3. The molecule has 0 aliphatic carbocycles. The third kappa shape index (κ3) is 1.99. The van der Waals surface area contributed by atoms with E-state index in [1.807, 2.05) is 0 Å². The Labute approximate surface area is 84.5 Å². The lowest BCUT2D eigenvalue weighted by atomic mass is 10.0. The van der Waals surface area contributed by atoms with Crippen LogP contribution in [0.3, 0.4) is 0 Å². The second-order valence-corrected chi connectivity index (χ2v) is 3.36. The maximum absolute atomic E-state index is 13.0. The molecule has 1 unspecified atom stereocenters. The summed E-state index contributed by atoms with van der Waals surface area (Å²) in [5.74, 6) is -6.52. The quantitative estimate of drug-likeness (QED) is 0.719. The fourth-order valence-electron chi connectivity index (χ4n) is 1.34. The Kier molecular flexibility index (Phi) is 2.81. The van der Waals surface area contributed by atoms with Gasteiger partial charge in [0.25, 0.3) is 0 Å². The Hall–Kier alpha value is -1.43. The molecular weight excluding hydrogens is 208 g/mol. The third-order valence-electron chi connectivity index (χ3n) is 2.11. The number of aromatic nitrogens is 1. The van der Waals surface area contributed by atoms with Crippen LogP contribution in [0.25, 0.3) is 0 Å². The largest absolute Gasteiger partial charge is 0.477 e. The fraction of sp³-hybridized carbons (Fsp3) is 0.444. The van der Waals surface area contributed by atoms with Gasteiger partial charge in [-0.3, -0.25) is 0 Å². The molecule has 0 saturated carbocycles. The van der Waals surface area contributed by atoms with Gasteiger partial charge in [0.2, 0.25) is 0 Å². The molecule has 3 N–H and O–H groups in total. The fourth-order valence-corrected chi connectivity index (χ4v) is 1.34. The number of carboxylic acids is 1. The minimum Gasteiger partial charge on any atom is -0.477 e. The van der Waals surface area contributed by atoms with Crippen LogP contribution in [0, 0.1) is 13.8 Å². The topological polar surface area (TPSA) is 73.3 Å². The number of aromatic amines is 1. The average Bonchev–Trinajstić information content (AvgIpc) is 2.43. The molecule has 0 aromatic carbocycles. The standard InChI is InChI=1S/C9H11F2NO3/c1-4-3-6(5(2)12-4)7(13)9(10,11)8(14)15/h3,7,12-13H,1-2H3,(H,14,15). The summed E-state index contributed by atoms with van der Waals surface area (Å²) in [6.07, 6.45) is -2.33. The van der Waals surface area contributed by atoms with Gasteiger partial charge in [-0.15, -0.1) is 0 Å². The van der Waals surface area contributed by atoms with Crippen LogP contribution in [0.15, 0.2) is 6.07 Å². The molecule has 1 heterocycles. The van der Waals surface area contributed by atoms with E-state index in [4.69, 9.17) is 5.11 Å². The van der Waals surface area contributed by atoms with Gasteiger partial charge in [-0.2, -0.15) is 8.78 Å². The second kappa shape index (κ2) is 3.62. The van der Waals surface area contributed by atoms with E-state index in [-0.39, 0.29) is 5.56 Å². The number of hydrogen-bond acceptors (Lipinski definition) is 2. The highest BCUT2D eigenvalue weighted by Crippen LogP contribution is 2.33. The molecule has 15 heavy (non-hydrogen) atoms. The molecule has 1 aromatic heterocycles. The molecule has 0 bridgehead atoms. The Bertz CT molecular complexity index is 387. The number of carboxylic acid groups (broad SMARTS) is 1. The van der Waals surface area contributed by atoms with Gasteiger partial charge >= 0.3 is 11.9 Å². The van der Waals surface area contributed by atoms with E-state index in [0.717, 1.165) is 0 Å². The molecule has 84 valence electrons. The normalized spacial score (nSPS) is 13.9. The zero-order valence-electron chi connectivity index (χ0n) is 8.21. The van der Waals surface area contributed by atoms with Crippen molar-refractivity contribution in [3.05, 3.63) is 23.0 Å². The van der Waals surface area contributed by atoms with Gasteiger partial charge in [-0.25, -0.2) is 4.79 Å². The molecule has 0 saturated heterocycles. The van der Waals surface area contributed by atoms with Crippen molar-refractivity contribution >= 4 is 5.97 Å². The third-order valence-corrected chi connectivity index (χ3v) is 2.11. The smallest absolute Gasteiger partial charge is 0.377 e. The number of aryl methyl sites for hydroxylation is 2. The van der Waals surface area contributed by atoms with E-state index in [2.05, 4.69) is 4.98 Å². The van der Waals surface area contributed by atoms with Crippen LogP contribution in [0.1, 0.15) is 23.1 Å². The van der Waals surface area contributed by atoms with Crippen LogP contribution in [0.5, 0.6) is 0 Å². The first-order chi connectivity index (χ1) is 6.76. The highest BCUT2D eigenvalue weighted by atomic mass is 19.3. The predicted molar refractivity (Wildman–Crippen MR) is 47.8 cm³/mol. The number of halogens is 2. The number of aliphatic hydroxyl groups excluding tert-OH is 1. The first-order valence-corrected chi connectivity index (χ1v) is 4.22. The first kappa shape index (κ1) is 11.6. The molecule has 0 fully saturated rings. The number of H-pyrrole nitrogens is 1. The van der Waals surface area contributed by atoms with Crippen molar-refractivity contribution in [2.24, 2.45) is 0 Å². The van der Waals surface area contributed by atoms with E-state index in [0.29, 0.717) is 11.4 Å². The number of aliphatic hydroxyl groups is 1. The summed E-state index contributed by atoms with van der Waals surface area (Å²) in [6.45, 7) is 3.12. The summed E-state index contributed by atoms with van der Waals surface area (Å²) in [7, 11) is 0. The zero-order valence-corrected chi connectivity index (χ0v) is 8.21. The molecule has 1 aromatic rings. The van der Waals surface area contributed by atoms with E-state index in [1.54, 1.807) is 6.92 Å². The molecule has 0 spiro atoms. The van der Waals surface area contributed by atoms with Gasteiger partial charge in [0.05, 0.1) is 0 Å². The van der Waals surface area contributed by atoms with E-state index in [1.165, 1.54) is 13.0 Å². The van der Waals surface area contributed by atoms with Crippen molar-refractivity contribution in [3.63, 3.8) is 0 Å². The van der Waals surface area contributed by atoms with Crippen LogP contribution in [-0.4, -0.2) is 27.1 Å². The lowest BCUT2D eigenvalue weighted by Gasteiger charge is -2.18. The van der Waals surface area contributed by atoms with Gasteiger partial charge in [0, 0.05) is 17.0 Å². The van der Waals surface area contributed by atoms with Crippen molar-refractivity contribution in [2.75, 3.05) is 0 Å². The maximum Gasteiger partial charge on any atom is 0.377 e. The lowest BCUT2D eigenvalue weighted by molar-refractivity contribution is -0.182. The average molecular weight is 219 g/mol. The molecule has 1 rings (SSSR count). The summed E-state index contributed by atoms with van der Waals surface area (Å²) in [5, 5.41) is 17.5. The summed E-state index contributed by atoms with van der Waals surface area (Å²) in [4.78, 5) is 12.9. The van der Waals surface area contributed by atoms with E-state index >= 15 is 0 Å². The first-order valence-electron chi connectivity index (χ1n) is 4.22. The Morgan fingerprint density at radius 2 is 2.07 bits per heavy atom. The second-order valence-electron chi connectivity index (χ2n) is 3.36.